The normalized spacial score (nSPS) is 13.9. The molecule has 30 heavy (non-hydrogen) atoms. The van der Waals surface area contributed by atoms with Crippen LogP contribution in [-0.2, 0) is 0 Å². The summed E-state index contributed by atoms with van der Waals surface area (Å²) in [7, 11) is 0. The number of thiazole rings is 1. The van der Waals surface area contributed by atoms with Gasteiger partial charge in [-0.2, -0.15) is 0 Å². The Morgan fingerprint density at radius 2 is 1.73 bits per heavy atom. The van der Waals surface area contributed by atoms with Gasteiger partial charge >= 0.3 is 0 Å². The number of anilines is 3. The SMILES string of the molecule is CC(=O)c1ccc(N2CCN(C(=O)c3csc(Nc4cccc(C)n4)n3)CC2)cc1. The lowest BCUT2D eigenvalue weighted by atomic mass is 10.1. The molecule has 0 saturated carbocycles. The number of nitrogens with one attached hydrogen (secondary N) is 1. The molecule has 1 aliphatic heterocycles. The smallest absolute Gasteiger partial charge is 0.273 e. The van der Waals surface area contributed by atoms with Crippen LogP contribution in [0.2, 0.25) is 0 Å². The van der Waals surface area contributed by atoms with Gasteiger partial charge in [0.05, 0.1) is 0 Å². The van der Waals surface area contributed by atoms with E-state index in [0.717, 1.165) is 24.5 Å². The van der Waals surface area contributed by atoms with Gasteiger partial charge < -0.3 is 15.1 Å². The lowest BCUT2D eigenvalue weighted by molar-refractivity contribution is 0.0741. The molecule has 1 saturated heterocycles. The fourth-order valence-corrected chi connectivity index (χ4v) is 4.08. The highest BCUT2D eigenvalue weighted by atomic mass is 32.1. The predicted molar refractivity (Wildman–Crippen MR) is 119 cm³/mol. The van der Waals surface area contributed by atoms with E-state index in [4.69, 9.17) is 0 Å². The van der Waals surface area contributed by atoms with Crippen molar-refractivity contribution < 1.29 is 9.59 Å². The van der Waals surface area contributed by atoms with Gasteiger partial charge in [-0.1, -0.05) is 6.07 Å². The lowest BCUT2D eigenvalue weighted by Crippen LogP contribution is -2.48. The highest BCUT2D eigenvalue weighted by molar-refractivity contribution is 7.14. The second-order valence-electron chi connectivity index (χ2n) is 7.21. The second-order valence-corrected chi connectivity index (χ2v) is 8.07. The first kappa shape index (κ1) is 20.0. The molecule has 1 fully saturated rings. The molecule has 0 unspecified atom stereocenters. The van der Waals surface area contributed by atoms with Crippen molar-refractivity contribution in [2.75, 3.05) is 36.4 Å². The number of carbonyl (C=O) groups excluding carboxylic acids is 2. The fourth-order valence-electron chi connectivity index (χ4n) is 3.39. The van der Waals surface area contributed by atoms with E-state index in [1.165, 1.54) is 11.3 Å². The van der Waals surface area contributed by atoms with Crippen molar-refractivity contribution in [3.63, 3.8) is 0 Å². The first-order valence-corrected chi connectivity index (χ1v) is 10.7. The predicted octanol–water partition coefficient (Wildman–Crippen LogP) is 3.76. The topological polar surface area (TPSA) is 78.4 Å². The number of piperazine rings is 1. The number of aryl methyl sites for hydroxylation is 1. The molecule has 1 aliphatic rings. The highest BCUT2D eigenvalue weighted by Gasteiger charge is 2.24. The van der Waals surface area contributed by atoms with E-state index >= 15 is 0 Å². The quantitative estimate of drug-likeness (QED) is 0.632. The summed E-state index contributed by atoms with van der Waals surface area (Å²) in [5, 5.41) is 5.60. The maximum atomic E-state index is 12.9. The van der Waals surface area contributed by atoms with E-state index in [1.807, 2.05) is 54.3 Å². The summed E-state index contributed by atoms with van der Waals surface area (Å²) in [5.41, 5.74) is 3.15. The summed E-state index contributed by atoms with van der Waals surface area (Å²) in [5.74, 6) is 0.725. The third-order valence-corrected chi connectivity index (χ3v) is 5.81. The van der Waals surface area contributed by atoms with Crippen molar-refractivity contribution in [2.24, 2.45) is 0 Å². The molecule has 0 aliphatic carbocycles. The molecule has 0 spiro atoms. The van der Waals surface area contributed by atoms with Crippen LogP contribution in [0, 0.1) is 6.92 Å². The molecule has 3 aromatic rings. The number of Topliss-reactive ketones (excluding diaryl/α,β-unsaturated/α-hetero) is 1. The van der Waals surface area contributed by atoms with Gasteiger partial charge in [-0.25, -0.2) is 9.97 Å². The van der Waals surface area contributed by atoms with Gasteiger partial charge in [0.25, 0.3) is 5.91 Å². The Bertz CT molecular complexity index is 1060. The number of nitrogens with zero attached hydrogens (tertiary/aromatic N) is 4. The van der Waals surface area contributed by atoms with E-state index in [0.29, 0.717) is 35.3 Å². The van der Waals surface area contributed by atoms with E-state index < -0.39 is 0 Å². The zero-order valence-electron chi connectivity index (χ0n) is 17.0. The van der Waals surface area contributed by atoms with Crippen LogP contribution in [0.15, 0.2) is 47.8 Å². The van der Waals surface area contributed by atoms with Gasteiger partial charge in [0.1, 0.15) is 11.5 Å². The van der Waals surface area contributed by atoms with Gasteiger partial charge in [-0.15, -0.1) is 11.3 Å². The van der Waals surface area contributed by atoms with Crippen molar-refractivity contribution in [1.82, 2.24) is 14.9 Å². The van der Waals surface area contributed by atoms with Crippen LogP contribution in [0.1, 0.15) is 33.5 Å². The van der Waals surface area contributed by atoms with E-state index in [-0.39, 0.29) is 11.7 Å². The van der Waals surface area contributed by atoms with Gasteiger partial charge in [-0.3, -0.25) is 9.59 Å². The number of ketones is 1. The number of pyridine rings is 1. The molecule has 0 atom stereocenters. The summed E-state index contributed by atoms with van der Waals surface area (Å²) >= 11 is 1.40. The first-order valence-electron chi connectivity index (χ1n) is 9.81. The molecule has 1 aromatic carbocycles. The van der Waals surface area contributed by atoms with Crippen LogP contribution < -0.4 is 10.2 Å². The number of rotatable bonds is 5. The Hall–Kier alpha value is -3.26. The Balaban J connectivity index is 1.35. The molecule has 3 heterocycles. The van der Waals surface area contributed by atoms with Crippen LogP contribution >= 0.6 is 11.3 Å². The van der Waals surface area contributed by atoms with Crippen LogP contribution in [0.5, 0.6) is 0 Å². The number of aromatic nitrogens is 2. The van der Waals surface area contributed by atoms with E-state index in [2.05, 4.69) is 20.2 Å². The second kappa shape index (κ2) is 8.62. The number of carbonyl (C=O) groups is 2. The maximum Gasteiger partial charge on any atom is 0.273 e. The first-order chi connectivity index (χ1) is 14.5. The standard InChI is InChI=1S/C22H23N5O2S/c1-15-4-3-5-20(23-15)25-22-24-19(14-30-22)21(29)27-12-10-26(11-13-27)18-8-6-17(7-9-18)16(2)28/h3-9,14H,10-13H2,1-2H3,(H,23,24,25). The minimum Gasteiger partial charge on any atom is -0.368 e. The van der Waals surface area contributed by atoms with Crippen molar-refractivity contribution in [3.05, 3.63) is 64.8 Å². The average molecular weight is 422 g/mol. The van der Waals surface area contributed by atoms with Crippen molar-refractivity contribution in [3.8, 4) is 0 Å². The maximum absolute atomic E-state index is 12.9. The number of amides is 1. The minimum atomic E-state index is -0.0527. The summed E-state index contributed by atoms with van der Waals surface area (Å²) < 4.78 is 0. The molecular formula is C22H23N5O2S. The van der Waals surface area contributed by atoms with E-state index in [9.17, 15) is 9.59 Å². The van der Waals surface area contributed by atoms with Crippen molar-refractivity contribution >= 4 is 39.7 Å². The number of hydrogen-bond donors (Lipinski definition) is 1. The van der Waals surface area contributed by atoms with Crippen molar-refractivity contribution in [2.45, 2.75) is 13.8 Å². The third-order valence-electron chi connectivity index (χ3n) is 5.05. The minimum absolute atomic E-state index is 0.0527. The third kappa shape index (κ3) is 4.49. The number of benzene rings is 1. The van der Waals surface area contributed by atoms with Crippen LogP contribution in [0.25, 0.3) is 0 Å². The molecule has 2 aromatic heterocycles. The Morgan fingerprint density at radius 3 is 2.40 bits per heavy atom. The Morgan fingerprint density at radius 1 is 1.00 bits per heavy atom. The molecule has 8 heteroatoms. The largest absolute Gasteiger partial charge is 0.368 e. The van der Waals surface area contributed by atoms with Gasteiger partial charge in [0.15, 0.2) is 10.9 Å². The molecule has 154 valence electrons. The Labute approximate surface area is 179 Å². The van der Waals surface area contributed by atoms with Gasteiger partial charge in [0, 0.05) is 48.5 Å². The summed E-state index contributed by atoms with van der Waals surface area (Å²) in [6.07, 6.45) is 0. The molecule has 0 bridgehead atoms. The monoisotopic (exact) mass is 421 g/mol. The van der Waals surface area contributed by atoms with Crippen LogP contribution in [0.4, 0.5) is 16.6 Å². The summed E-state index contributed by atoms with van der Waals surface area (Å²) in [6.45, 7) is 6.25. The molecule has 7 nitrogen and oxygen atoms in total. The van der Waals surface area contributed by atoms with E-state index in [1.54, 1.807) is 12.3 Å². The van der Waals surface area contributed by atoms with Gasteiger partial charge in [0.2, 0.25) is 0 Å². The van der Waals surface area contributed by atoms with Crippen LogP contribution in [0.3, 0.4) is 0 Å². The highest BCUT2D eigenvalue weighted by Crippen LogP contribution is 2.22. The average Bonchev–Trinajstić information content (AvgIpc) is 3.22. The molecular weight excluding hydrogens is 398 g/mol. The molecule has 1 amide bonds. The Kier molecular flexibility index (Phi) is 5.76. The van der Waals surface area contributed by atoms with Crippen LogP contribution in [-0.4, -0.2) is 52.7 Å². The molecule has 1 N–H and O–H groups in total. The molecule has 0 radical (unpaired) electrons. The summed E-state index contributed by atoms with van der Waals surface area (Å²) in [6, 6.07) is 13.4. The fraction of sp³-hybridized carbons (Fsp3) is 0.273. The molecule has 4 rings (SSSR count). The zero-order valence-corrected chi connectivity index (χ0v) is 17.8. The number of hydrogen-bond acceptors (Lipinski definition) is 7. The lowest BCUT2D eigenvalue weighted by Gasteiger charge is -2.35. The summed E-state index contributed by atoms with van der Waals surface area (Å²) in [4.78, 5) is 37.2. The van der Waals surface area contributed by atoms with Gasteiger partial charge in [-0.05, 0) is 50.2 Å². The zero-order chi connectivity index (χ0) is 21.1. The van der Waals surface area contributed by atoms with Crippen molar-refractivity contribution in [1.29, 1.82) is 0 Å².